The van der Waals surface area contributed by atoms with Crippen molar-refractivity contribution < 1.29 is 9.84 Å². The van der Waals surface area contributed by atoms with Gasteiger partial charge in [-0.15, -0.1) is 0 Å². The van der Waals surface area contributed by atoms with Crippen LogP contribution < -0.4 is 4.74 Å². The van der Waals surface area contributed by atoms with E-state index in [0.29, 0.717) is 5.92 Å². The summed E-state index contributed by atoms with van der Waals surface area (Å²) >= 11 is 0. The lowest BCUT2D eigenvalue weighted by molar-refractivity contribution is 0.104. The lowest BCUT2D eigenvalue weighted by Crippen LogP contribution is -2.48. The van der Waals surface area contributed by atoms with Crippen molar-refractivity contribution in [2.24, 2.45) is 0 Å². The van der Waals surface area contributed by atoms with Crippen LogP contribution in [0.2, 0.25) is 0 Å². The maximum atomic E-state index is 8.99. The third kappa shape index (κ3) is 3.14. The molecule has 2 aliphatic rings. The minimum absolute atomic E-state index is 0.271. The molecule has 1 N–H and O–H groups in total. The Morgan fingerprint density at radius 1 is 1.10 bits per heavy atom. The first kappa shape index (κ1) is 13.9. The third-order valence-corrected chi connectivity index (χ3v) is 4.44. The van der Waals surface area contributed by atoms with Gasteiger partial charge in [0.15, 0.2) is 0 Å². The van der Waals surface area contributed by atoms with Gasteiger partial charge in [0.1, 0.15) is 5.75 Å². The zero-order valence-electron chi connectivity index (χ0n) is 12.0. The van der Waals surface area contributed by atoms with E-state index in [0.717, 1.165) is 58.0 Å². The van der Waals surface area contributed by atoms with Crippen LogP contribution in [0.25, 0.3) is 0 Å². The summed E-state index contributed by atoms with van der Waals surface area (Å²) in [7, 11) is 0. The number of aliphatic hydroxyl groups excluding tert-OH is 1. The van der Waals surface area contributed by atoms with Crippen LogP contribution in [0, 0.1) is 0 Å². The maximum absolute atomic E-state index is 8.99. The summed E-state index contributed by atoms with van der Waals surface area (Å²) in [6.07, 6.45) is 1.12. The van der Waals surface area contributed by atoms with Crippen molar-refractivity contribution in [2.75, 3.05) is 52.5 Å². The number of nitrogens with zero attached hydrogens (tertiary/aromatic N) is 2. The fourth-order valence-corrected chi connectivity index (χ4v) is 3.25. The molecule has 1 aromatic rings. The summed E-state index contributed by atoms with van der Waals surface area (Å²) in [5, 5.41) is 8.99. The molecule has 0 spiro atoms. The molecule has 3 rings (SSSR count). The van der Waals surface area contributed by atoms with Crippen LogP contribution in [0.3, 0.4) is 0 Å². The second-order valence-electron chi connectivity index (χ2n) is 5.74. The molecule has 20 heavy (non-hydrogen) atoms. The number of β-amino-alcohol motifs (C(OH)–C–C–N with tert-alkyl or cyclic N) is 1. The lowest BCUT2D eigenvalue weighted by Gasteiger charge is -2.37. The van der Waals surface area contributed by atoms with Crippen molar-refractivity contribution >= 4 is 0 Å². The van der Waals surface area contributed by atoms with E-state index in [1.165, 1.54) is 5.56 Å². The predicted molar refractivity (Wildman–Crippen MR) is 79.3 cm³/mol. The molecule has 1 fully saturated rings. The molecule has 2 aliphatic heterocycles. The van der Waals surface area contributed by atoms with Crippen molar-refractivity contribution in [3.05, 3.63) is 29.8 Å². The van der Waals surface area contributed by atoms with E-state index in [-0.39, 0.29) is 6.61 Å². The number of hydrogen-bond acceptors (Lipinski definition) is 4. The smallest absolute Gasteiger partial charge is 0.122 e. The molecule has 2 heterocycles. The number of benzene rings is 1. The summed E-state index contributed by atoms with van der Waals surface area (Å²) in [5.74, 6) is 1.67. The topological polar surface area (TPSA) is 35.9 Å². The zero-order chi connectivity index (χ0) is 13.8. The highest BCUT2D eigenvalue weighted by molar-refractivity contribution is 5.37. The van der Waals surface area contributed by atoms with Gasteiger partial charge in [-0.2, -0.15) is 0 Å². The fourth-order valence-electron chi connectivity index (χ4n) is 3.25. The molecule has 0 bridgehead atoms. The van der Waals surface area contributed by atoms with E-state index in [4.69, 9.17) is 9.84 Å². The van der Waals surface area contributed by atoms with Crippen LogP contribution in [-0.2, 0) is 0 Å². The number of ether oxygens (including phenoxy) is 1. The van der Waals surface area contributed by atoms with E-state index in [2.05, 4.69) is 34.1 Å². The second-order valence-corrected chi connectivity index (χ2v) is 5.74. The number of aliphatic hydroxyl groups is 1. The summed E-state index contributed by atoms with van der Waals surface area (Å²) in [6.45, 7) is 7.43. The van der Waals surface area contributed by atoms with Crippen LogP contribution >= 0.6 is 0 Å². The number of fused-ring (bicyclic) bond motifs is 1. The van der Waals surface area contributed by atoms with Gasteiger partial charge in [0.05, 0.1) is 13.2 Å². The molecule has 1 aromatic carbocycles. The number of hydrogen-bond donors (Lipinski definition) is 1. The molecule has 1 saturated heterocycles. The van der Waals surface area contributed by atoms with E-state index < -0.39 is 0 Å². The van der Waals surface area contributed by atoms with Crippen molar-refractivity contribution in [3.63, 3.8) is 0 Å². The normalized spacial score (nSPS) is 24.1. The zero-order valence-corrected chi connectivity index (χ0v) is 12.0. The van der Waals surface area contributed by atoms with Crippen LogP contribution in [0.5, 0.6) is 5.75 Å². The molecule has 0 aromatic heterocycles. The highest BCUT2D eigenvalue weighted by atomic mass is 16.5. The third-order valence-electron chi connectivity index (χ3n) is 4.44. The van der Waals surface area contributed by atoms with E-state index in [9.17, 15) is 0 Å². The maximum Gasteiger partial charge on any atom is 0.122 e. The van der Waals surface area contributed by atoms with Crippen molar-refractivity contribution in [1.82, 2.24) is 9.80 Å². The molecule has 110 valence electrons. The quantitative estimate of drug-likeness (QED) is 0.895. The molecule has 1 unspecified atom stereocenters. The summed E-state index contributed by atoms with van der Waals surface area (Å²) < 4.78 is 5.74. The molecule has 0 aliphatic carbocycles. The monoisotopic (exact) mass is 276 g/mol. The SMILES string of the molecule is OCCN1CCN(CC2CCOc3ccccc32)CC1. The second kappa shape index (κ2) is 6.57. The minimum atomic E-state index is 0.271. The predicted octanol–water partition coefficient (Wildman–Crippen LogP) is 1.16. The molecule has 0 saturated carbocycles. The van der Waals surface area contributed by atoms with Crippen molar-refractivity contribution in [2.45, 2.75) is 12.3 Å². The fraction of sp³-hybridized carbons (Fsp3) is 0.625. The molecule has 1 atom stereocenters. The molecule has 0 radical (unpaired) electrons. The van der Waals surface area contributed by atoms with Gasteiger partial charge >= 0.3 is 0 Å². The lowest BCUT2D eigenvalue weighted by atomic mass is 9.92. The molecular weight excluding hydrogens is 252 g/mol. The van der Waals surface area contributed by atoms with Crippen LogP contribution in [-0.4, -0.2) is 67.4 Å². The molecular formula is C16H24N2O2. The average Bonchev–Trinajstić information content (AvgIpc) is 2.50. The Labute approximate surface area is 120 Å². The highest BCUT2D eigenvalue weighted by Gasteiger charge is 2.25. The van der Waals surface area contributed by atoms with Gasteiger partial charge in [0.25, 0.3) is 0 Å². The number of rotatable bonds is 4. The average molecular weight is 276 g/mol. The number of para-hydroxylation sites is 1. The summed E-state index contributed by atoms with van der Waals surface area (Å²) in [5.41, 5.74) is 1.37. The Morgan fingerprint density at radius 2 is 1.85 bits per heavy atom. The highest BCUT2D eigenvalue weighted by Crippen LogP contribution is 2.33. The van der Waals surface area contributed by atoms with Crippen LogP contribution in [0.15, 0.2) is 24.3 Å². The molecule has 0 amide bonds. The van der Waals surface area contributed by atoms with E-state index in [1.807, 2.05) is 0 Å². The van der Waals surface area contributed by atoms with Gasteiger partial charge in [-0.3, -0.25) is 4.90 Å². The van der Waals surface area contributed by atoms with Gasteiger partial charge in [-0.25, -0.2) is 0 Å². The Kier molecular flexibility index (Phi) is 4.55. The Bertz CT molecular complexity index is 430. The van der Waals surface area contributed by atoms with Gasteiger partial charge in [0, 0.05) is 45.2 Å². The Morgan fingerprint density at radius 3 is 2.65 bits per heavy atom. The minimum Gasteiger partial charge on any atom is -0.493 e. The van der Waals surface area contributed by atoms with Gasteiger partial charge < -0.3 is 14.7 Å². The van der Waals surface area contributed by atoms with Crippen LogP contribution in [0.1, 0.15) is 17.9 Å². The molecule has 4 nitrogen and oxygen atoms in total. The summed E-state index contributed by atoms with van der Waals surface area (Å²) in [6, 6.07) is 8.45. The Hall–Kier alpha value is -1.10. The first-order valence-electron chi connectivity index (χ1n) is 7.64. The number of piperazine rings is 1. The van der Waals surface area contributed by atoms with Gasteiger partial charge in [0.2, 0.25) is 0 Å². The van der Waals surface area contributed by atoms with Gasteiger partial charge in [-0.05, 0) is 18.1 Å². The van der Waals surface area contributed by atoms with Crippen molar-refractivity contribution in [1.29, 1.82) is 0 Å². The van der Waals surface area contributed by atoms with Crippen LogP contribution in [0.4, 0.5) is 0 Å². The Balaban J connectivity index is 1.57. The van der Waals surface area contributed by atoms with E-state index in [1.54, 1.807) is 0 Å². The standard InChI is InChI=1S/C16H24N2O2/c19-11-10-17-6-8-18(9-7-17)13-14-5-12-20-16-4-2-1-3-15(14)16/h1-4,14,19H,5-13H2. The van der Waals surface area contributed by atoms with E-state index >= 15 is 0 Å². The van der Waals surface area contributed by atoms with Gasteiger partial charge in [-0.1, -0.05) is 18.2 Å². The first-order valence-corrected chi connectivity index (χ1v) is 7.64. The largest absolute Gasteiger partial charge is 0.493 e. The first-order chi connectivity index (χ1) is 9.86. The molecule has 4 heteroatoms. The van der Waals surface area contributed by atoms with Crippen molar-refractivity contribution in [3.8, 4) is 5.75 Å². The summed E-state index contributed by atoms with van der Waals surface area (Å²) in [4.78, 5) is 4.90.